The fourth-order valence-corrected chi connectivity index (χ4v) is 4.18. The van der Waals surface area contributed by atoms with Crippen molar-refractivity contribution in [1.29, 1.82) is 0 Å². The van der Waals surface area contributed by atoms with Gasteiger partial charge in [0, 0.05) is 16.0 Å². The summed E-state index contributed by atoms with van der Waals surface area (Å²) in [4.78, 5) is 16.7. The van der Waals surface area contributed by atoms with Crippen molar-refractivity contribution >= 4 is 75.1 Å². The van der Waals surface area contributed by atoms with E-state index in [1.165, 1.54) is 17.4 Å². The maximum atomic E-state index is 12.3. The highest BCUT2D eigenvalue weighted by molar-refractivity contribution is 7.14. The van der Waals surface area contributed by atoms with Gasteiger partial charge in [-0.15, -0.1) is 11.3 Å². The molecule has 0 radical (unpaired) electrons. The number of carbonyl (C=O) groups is 1. The van der Waals surface area contributed by atoms with Crippen molar-refractivity contribution in [1.82, 2.24) is 4.98 Å². The first-order valence-corrected chi connectivity index (χ1v) is 11.8. The molecule has 1 N–H and O–H groups in total. The van der Waals surface area contributed by atoms with Crippen LogP contribution in [0.2, 0.25) is 20.1 Å². The zero-order valence-corrected chi connectivity index (χ0v) is 20.4. The van der Waals surface area contributed by atoms with Crippen LogP contribution < -0.4 is 10.2 Å². The summed E-state index contributed by atoms with van der Waals surface area (Å²) in [7, 11) is 0. The number of hydrazone groups is 1. The Balaban J connectivity index is 1.35. The molecule has 0 aliphatic carbocycles. The molecule has 0 fully saturated rings. The molecule has 4 aromatic rings. The summed E-state index contributed by atoms with van der Waals surface area (Å²) in [6, 6.07) is 16.7. The number of hydrogen-bond acceptors (Lipinski definition) is 6. The number of carbonyl (C=O) groups excluding carboxylic acids is 1. The average Bonchev–Trinajstić information content (AvgIpc) is 3.25. The minimum Gasteiger partial charge on any atom is -0.423 e. The van der Waals surface area contributed by atoms with Crippen LogP contribution in [-0.4, -0.2) is 17.2 Å². The largest absolute Gasteiger partial charge is 0.423 e. The number of aromatic nitrogens is 1. The van der Waals surface area contributed by atoms with Gasteiger partial charge in [-0.25, -0.2) is 9.78 Å². The summed E-state index contributed by atoms with van der Waals surface area (Å²) in [5, 5.41) is 8.44. The van der Waals surface area contributed by atoms with E-state index in [4.69, 9.17) is 51.1 Å². The van der Waals surface area contributed by atoms with Gasteiger partial charge in [-0.1, -0.05) is 46.4 Å². The third-order valence-electron chi connectivity index (χ3n) is 4.33. The predicted molar refractivity (Wildman–Crippen MR) is 137 cm³/mol. The molecule has 0 aliphatic heterocycles. The van der Waals surface area contributed by atoms with E-state index in [-0.39, 0.29) is 5.02 Å². The summed E-state index contributed by atoms with van der Waals surface area (Å²) < 4.78 is 5.36. The second-order valence-corrected chi connectivity index (χ2v) is 9.14. The van der Waals surface area contributed by atoms with Crippen LogP contribution >= 0.6 is 57.7 Å². The zero-order valence-electron chi connectivity index (χ0n) is 16.6. The predicted octanol–water partition coefficient (Wildman–Crippen LogP) is 8.09. The number of nitrogens with zero attached hydrogens (tertiary/aromatic N) is 2. The Morgan fingerprint density at radius 1 is 0.939 bits per heavy atom. The molecule has 4 rings (SSSR count). The van der Waals surface area contributed by atoms with Crippen LogP contribution in [0.1, 0.15) is 15.9 Å². The lowest BCUT2D eigenvalue weighted by atomic mass is 10.2. The molecule has 0 spiro atoms. The van der Waals surface area contributed by atoms with Crippen LogP contribution in [-0.2, 0) is 0 Å². The number of benzene rings is 3. The molecule has 33 heavy (non-hydrogen) atoms. The summed E-state index contributed by atoms with van der Waals surface area (Å²) >= 11 is 25.4. The van der Waals surface area contributed by atoms with Crippen LogP contribution in [0.5, 0.6) is 5.75 Å². The summed E-state index contributed by atoms with van der Waals surface area (Å²) in [6.45, 7) is 0. The molecular weight excluding hydrogens is 524 g/mol. The molecule has 0 unspecified atom stereocenters. The van der Waals surface area contributed by atoms with E-state index >= 15 is 0 Å². The monoisotopic (exact) mass is 535 g/mol. The number of thiazole rings is 1. The second-order valence-electron chi connectivity index (χ2n) is 6.62. The van der Waals surface area contributed by atoms with E-state index < -0.39 is 5.97 Å². The summed E-state index contributed by atoms with van der Waals surface area (Å²) in [5.74, 6) is -0.141. The first-order valence-electron chi connectivity index (χ1n) is 9.36. The number of hydrogen-bond donors (Lipinski definition) is 1. The third kappa shape index (κ3) is 6.05. The molecule has 1 aromatic heterocycles. The van der Waals surface area contributed by atoms with Crippen molar-refractivity contribution in [3.63, 3.8) is 0 Å². The SMILES string of the molecule is O=C(Oc1ccc(/C=N\Nc2nc(-c3ccc(Cl)cc3Cl)cs2)cc1)c1ccc(Cl)c(Cl)c1. The number of ether oxygens (including phenoxy) is 1. The van der Waals surface area contributed by atoms with E-state index in [1.54, 1.807) is 54.7 Å². The maximum Gasteiger partial charge on any atom is 0.343 e. The Labute approximate surface area is 213 Å². The van der Waals surface area contributed by atoms with Crippen LogP contribution in [0.4, 0.5) is 5.13 Å². The van der Waals surface area contributed by atoms with Crippen molar-refractivity contribution in [3.05, 3.63) is 97.3 Å². The lowest BCUT2D eigenvalue weighted by Gasteiger charge is -2.05. The molecule has 0 amide bonds. The first-order chi connectivity index (χ1) is 15.9. The number of halogens is 4. The van der Waals surface area contributed by atoms with Gasteiger partial charge in [-0.3, -0.25) is 5.43 Å². The maximum absolute atomic E-state index is 12.3. The van der Waals surface area contributed by atoms with Crippen LogP contribution in [0.3, 0.4) is 0 Å². The highest BCUT2D eigenvalue weighted by Crippen LogP contribution is 2.32. The normalized spacial score (nSPS) is 11.0. The molecule has 0 aliphatic rings. The number of rotatable bonds is 6. The molecule has 0 bridgehead atoms. The zero-order chi connectivity index (χ0) is 23.4. The van der Waals surface area contributed by atoms with Crippen molar-refractivity contribution < 1.29 is 9.53 Å². The van der Waals surface area contributed by atoms with Crippen LogP contribution in [0, 0.1) is 0 Å². The fraction of sp³-hybridized carbons (Fsp3) is 0. The van der Waals surface area contributed by atoms with Crippen molar-refractivity contribution in [3.8, 4) is 17.0 Å². The van der Waals surface area contributed by atoms with E-state index in [9.17, 15) is 4.79 Å². The van der Waals surface area contributed by atoms with Gasteiger partial charge in [0.25, 0.3) is 0 Å². The minimum absolute atomic E-state index is 0.286. The van der Waals surface area contributed by atoms with Gasteiger partial charge in [0.05, 0.1) is 32.5 Å². The average molecular weight is 537 g/mol. The highest BCUT2D eigenvalue weighted by Gasteiger charge is 2.11. The van der Waals surface area contributed by atoms with Crippen molar-refractivity contribution in [2.24, 2.45) is 5.10 Å². The van der Waals surface area contributed by atoms with Gasteiger partial charge in [-0.05, 0) is 66.2 Å². The molecule has 5 nitrogen and oxygen atoms in total. The van der Waals surface area contributed by atoms with Gasteiger partial charge in [0.15, 0.2) is 0 Å². The van der Waals surface area contributed by atoms with Crippen LogP contribution in [0.15, 0.2) is 71.1 Å². The smallest absolute Gasteiger partial charge is 0.343 e. The van der Waals surface area contributed by atoms with Crippen molar-refractivity contribution in [2.45, 2.75) is 0 Å². The molecular formula is C23H13Cl4N3O2S. The molecule has 1 heterocycles. The van der Waals surface area contributed by atoms with Gasteiger partial charge < -0.3 is 4.74 Å². The van der Waals surface area contributed by atoms with E-state index in [2.05, 4.69) is 15.5 Å². The first kappa shape index (κ1) is 23.5. The van der Waals surface area contributed by atoms with E-state index in [0.717, 1.165) is 16.8 Å². The van der Waals surface area contributed by atoms with E-state index in [1.807, 2.05) is 11.4 Å². The van der Waals surface area contributed by atoms with E-state index in [0.29, 0.717) is 31.5 Å². The summed E-state index contributed by atoms with van der Waals surface area (Å²) in [5.41, 5.74) is 5.52. The van der Waals surface area contributed by atoms with Gasteiger partial charge in [-0.2, -0.15) is 5.10 Å². The number of anilines is 1. The highest BCUT2D eigenvalue weighted by atomic mass is 35.5. The third-order valence-corrected chi connectivity index (χ3v) is 6.36. The number of esters is 1. The molecule has 0 saturated heterocycles. The fourth-order valence-electron chi connectivity index (χ4n) is 2.72. The summed E-state index contributed by atoms with van der Waals surface area (Å²) in [6.07, 6.45) is 1.63. The Morgan fingerprint density at radius 3 is 2.45 bits per heavy atom. The van der Waals surface area contributed by atoms with Gasteiger partial charge >= 0.3 is 5.97 Å². The second kappa shape index (κ2) is 10.5. The van der Waals surface area contributed by atoms with Gasteiger partial charge in [0.2, 0.25) is 5.13 Å². The molecule has 166 valence electrons. The molecule has 3 aromatic carbocycles. The van der Waals surface area contributed by atoms with Crippen LogP contribution in [0.25, 0.3) is 11.3 Å². The lowest BCUT2D eigenvalue weighted by molar-refractivity contribution is 0.0735. The Hall–Kier alpha value is -2.61. The van der Waals surface area contributed by atoms with Crippen molar-refractivity contribution in [2.75, 3.05) is 5.43 Å². The topological polar surface area (TPSA) is 63.6 Å². The standard InChI is InChI=1S/C23H13Cl4N3O2S/c24-15-4-7-17(19(26)10-15)21-12-33-23(29-21)30-28-11-13-1-5-16(6-2-13)32-22(31)14-3-8-18(25)20(27)9-14/h1-12H,(H,29,30)/b28-11-. The molecule has 0 saturated carbocycles. The molecule has 0 atom stereocenters. The van der Waals surface area contributed by atoms with Gasteiger partial charge in [0.1, 0.15) is 5.75 Å². The Kier molecular flexibility index (Phi) is 7.53. The minimum atomic E-state index is -0.531. The Morgan fingerprint density at radius 2 is 1.73 bits per heavy atom. The lowest BCUT2D eigenvalue weighted by Crippen LogP contribution is -2.08. The molecule has 10 heteroatoms. The number of nitrogens with one attached hydrogen (secondary N) is 1. The Bertz CT molecular complexity index is 1340. The quantitative estimate of drug-likeness (QED) is 0.117.